The van der Waals surface area contributed by atoms with Gasteiger partial charge in [0.25, 0.3) is 0 Å². The highest BCUT2D eigenvalue weighted by atomic mass is 32.1. The van der Waals surface area contributed by atoms with Crippen LogP contribution >= 0.6 is 12.2 Å². The van der Waals surface area contributed by atoms with E-state index in [4.69, 9.17) is 17.0 Å². The molecule has 0 saturated carbocycles. The zero-order valence-electron chi connectivity index (χ0n) is 18.1. The first-order chi connectivity index (χ1) is 14.6. The molecule has 1 atom stereocenters. The summed E-state index contributed by atoms with van der Waals surface area (Å²) < 4.78 is 21.6. The number of benzene rings is 2. The van der Waals surface area contributed by atoms with Crippen LogP contribution in [0.3, 0.4) is 0 Å². The van der Waals surface area contributed by atoms with Crippen LogP contribution in [0.1, 0.15) is 26.3 Å². The zero-order chi connectivity index (χ0) is 22.6. The number of carbonyl (C=O) groups is 1. The van der Waals surface area contributed by atoms with Crippen molar-refractivity contribution >= 4 is 18.1 Å². The van der Waals surface area contributed by atoms with Gasteiger partial charge in [0.05, 0.1) is 6.04 Å². The Balaban J connectivity index is 1.74. The summed E-state index contributed by atoms with van der Waals surface area (Å²) in [5.74, 6) is 0.0843. The molecule has 0 spiro atoms. The second-order valence-electron chi connectivity index (χ2n) is 8.54. The number of nitrogens with one attached hydrogen (secondary N) is 2. The number of aromatic nitrogens is 3. The van der Waals surface area contributed by atoms with E-state index in [-0.39, 0.29) is 36.3 Å². The minimum Gasteiger partial charge on any atom is -0.488 e. The first-order valence-electron chi connectivity index (χ1n) is 10.0. The van der Waals surface area contributed by atoms with Gasteiger partial charge in [-0.3, -0.25) is 14.5 Å². The molecule has 3 rings (SSSR count). The smallest absolute Gasteiger partial charge is 0.240 e. The van der Waals surface area contributed by atoms with Crippen LogP contribution in [0.25, 0.3) is 11.4 Å². The fourth-order valence-corrected chi connectivity index (χ4v) is 3.29. The SMILES string of the molecule is Cc1cccc(-c2n[nH]c(=S)n2CC(=O)NC(COc2ccccc2F)C(C)(C)C)c1. The normalized spacial score (nSPS) is 12.4. The summed E-state index contributed by atoms with van der Waals surface area (Å²) in [6, 6.07) is 13.7. The predicted octanol–water partition coefficient (Wildman–Crippen LogP) is 4.67. The van der Waals surface area contributed by atoms with Gasteiger partial charge in [0.15, 0.2) is 22.2 Å². The number of nitrogens with zero attached hydrogens (tertiary/aromatic N) is 2. The Hall–Kier alpha value is -3.00. The number of carbonyl (C=O) groups excluding carboxylic acids is 1. The summed E-state index contributed by atoms with van der Waals surface area (Å²) in [5, 5.41) is 10.1. The van der Waals surface area contributed by atoms with Crippen molar-refractivity contribution in [2.45, 2.75) is 40.3 Å². The largest absolute Gasteiger partial charge is 0.488 e. The van der Waals surface area contributed by atoms with Gasteiger partial charge in [0.2, 0.25) is 5.91 Å². The Morgan fingerprint density at radius 2 is 2.00 bits per heavy atom. The van der Waals surface area contributed by atoms with Gasteiger partial charge >= 0.3 is 0 Å². The van der Waals surface area contributed by atoms with E-state index in [1.54, 1.807) is 22.8 Å². The van der Waals surface area contributed by atoms with E-state index in [9.17, 15) is 9.18 Å². The molecule has 164 valence electrons. The van der Waals surface area contributed by atoms with Crippen LogP contribution in [-0.4, -0.2) is 33.3 Å². The Morgan fingerprint density at radius 3 is 2.68 bits per heavy atom. The van der Waals surface area contributed by atoms with Gasteiger partial charge in [-0.25, -0.2) is 4.39 Å². The molecule has 8 heteroatoms. The second kappa shape index (κ2) is 9.43. The number of hydrogen-bond donors (Lipinski definition) is 2. The molecule has 0 aliphatic heterocycles. The number of aryl methyl sites for hydroxylation is 1. The van der Waals surface area contributed by atoms with Crippen LogP contribution in [0.5, 0.6) is 5.75 Å². The van der Waals surface area contributed by atoms with E-state index in [2.05, 4.69) is 15.5 Å². The predicted molar refractivity (Wildman–Crippen MR) is 121 cm³/mol. The summed E-state index contributed by atoms with van der Waals surface area (Å²) in [6.45, 7) is 8.10. The van der Waals surface area contributed by atoms with Crippen LogP contribution in [-0.2, 0) is 11.3 Å². The molecule has 1 heterocycles. The minimum atomic E-state index is -0.436. The van der Waals surface area contributed by atoms with Gasteiger partial charge in [-0.15, -0.1) is 0 Å². The van der Waals surface area contributed by atoms with Crippen molar-refractivity contribution in [1.82, 2.24) is 20.1 Å². The van der Waals surface area contributed by atoms with Crippen LogP contribution in [0.15, 0.2) is 48.5 Å². The third-order valence-corrected chi connectivity index (χ3v) is 5.27. The molecule has 0 radical (unpaired) electrons. The fourth-order valence-electron chi connectivity index (χ4n) is 3.10. The molecule has 0 saturated heterocycles. The molecule has 1 amide bonds. The van der Waals surface area contributed by atoms with E-state index in [1.165, 1.54) is 6.07 Å². The van der Waals surface area contributed by atoms with Crippen molar-refractivity contribution in [3.63, 3.8) is 0 Å². The Bertz CT molecular complexity index is 1120. The van der Waals surface area contributed by atoms with Crippen molar-refractivity contribution in [2.24, 2.45) is 5.41 Å². The molecule has 3 aromatic rings. The van der Waals surface area contributed by atoms with Crippen molar-refractivity contribution in [3.05, 3.63) is 64.7 Å². The average molecular weight is 443 g/mol. The number of para-hydroxylation sites is 1. The lowest BCUT2D eigenvalue weighted by Gasteiger charge is -2.31. The van der Waals surface area contributed by atoms with Gasteiger partial charge in [-0.05, 0) is 42.8 Å². The number of H-pyrrole nitrogens is 1. The minimum absolute atomic E-state index is 0.00485. The Labute approximate surface area is 186 Å². The maximum Gasteiger partial charge on any atom is 0.240 e. The topological polar surface area (TPSA) is 71.9 Å². The number of amides is 1. The molecule has 31 heavy (non-hydrogen) atoms. The van der Waals surface area contributed by atoms with Crippen molar-refractivity contribution in [3.8, 4) is 17.1 Å². The monoisotopic (exact) mass is 442 g/mol. The number of rotatable bonds is 7. The average Bonchev–Trinajstić information content (AvgIpc) is 3.05. The molecule has 0 fully saturated rings. The lowest BCUT2D eigenvalue weighted by molar-refractivity contribution is -0.123. The number of ether oxygens (including phenoxy) is 1. The maximum absolute atomic E-state index is 13.9. The third-order valence-electron chi connectivity index (χ3n) is 4.96. The highest BCUT2D eigenvalue weighted by molar-refractivity contribution is 7.71. The lowest BCUT2D eigenvalue weighted by Crippen LogP contribution is -2.48. The van der Waals surface area contributed by atoms with Gasteiger partial charge in [0.1, 0.15) is 13.2 Å². The summed E-state index contributed by atoms with van der Waals surface area (Å²) in [5.41, 5.74) is 1.65. The van der Waals surface area contributed by atoms with Gasteiger partial charge in [-0.1, -0.05) is 56.7 Å². The number of halogens is 1. The molecule has 0 aliphatic carbocycles. The van der Waals surface area contributed by atoms with Gasteiger partial charge in [0, 0.05) is 5.56 Å². The number of hydrogen-bond acceptors (Lipinski definition) is 4. The van der Waals surface area contributed by atoms with E-state index < -0.39 is 5.82 Å². The van der Waals surface area contributed by atoms with Gasteiger partial charge < -0.3 is 10.1 Å². The number of aromatic amines is 1. The Kier molecular flexibility index (Phi) is 6.90. The molecule has 1 aromatic heterocycles. The molecule has 0 aliphatic rings. The summed E-state index contributed by atoms with van der Waals surface area (Å²) >= 11 is 5.34. The lowest BCUT2D eigenvalue weighted by atomic mass is 9.87. The second-order valence-corrected chi connectivity index (χ2v) is 8.92. The summed E-state index contributed by atoms with van der Waals surface area (Å²) in [6.07, 6.45) is 0. The first kappa shape index (κ1) is 22.7. The van der Waals surface area contributed by atoms with E-state index in [0.29, 0.717) is 10.6 Å². The van der Waals surface area contributed by atoms with Gasteiger partial charge in [-0.2, -0.15) is 5.10 Å². The molecule has 2 N–H and O–H groups in total. The molecular weight excluding hydrogens is 415 g/mol. The van der Waals surface area contributed by atoms with Crippen molar-refractivity contribution in [2.75, 3.05) is 6.61 Å². The van der Waals surface area contributed by atoms with Crippen molar-refractivity contribution in [1.29, 1.82) is 0 Å². The molecule has 2 aromatic carbocycles. The Morgan fingerprint density at radius 1 is 1.26 bits per heavy atom. The molecule has 6 nitrogen and oxygen atoms in total. The van der Waals surface area contributed by atoms with E-state index in [1.807, 2.05) is 52.0 Å². The zero-order valence-corrected chi connectivity index (χ0v) is 18.9. The van der Waals surface area contributed by atoms with E-state index >= 15 is 0 Å². The quantitative estimate of drug-likeness (QED) is 0.522. The third kappa shape index (κ3) is 5.79. The van der Waals surface area contributed by atoms with Crippen LogP contribution in [0.2, 0.25) is 0 Å². The van der Waals surface area contributed by atoms with Crippen LogP contribution < -0.4 is 10.1 Å². The molecule has 1 unspecified atom stereocenters. The van der Waals surface area contributed by atoms with Crippen molar-refractivity contribution < 1.29 is 13.9 Å². The first-order valence-corrected chi connectivity index (χ1v) is 10.4. The van der Waals surface area contributed by atoms with Crippen LogP contribution in [0.4, 0.5) is 4.39 Å². The standard InChI is InChI=1S/C23H27FN4O2S/c1-15-8-7-9-16(12-15)21-26-27-22(31)28(21)13-20(29)25-19(23(2,3)4)14-30-18-11-6-5-10-17(18)24/h5-12,19H,13-14H2,1-4H3,(H,25,29)(H,27,31). The highest BCUT2D eigenvalue weighted by Gasteiger charge is 2.28. The summed E-state index contributed by atoms with van der Waals surface area (Å²) in [4.78, 5) is 12.9. The van der Waals surface area contributed by atoms with Crippen LogP contribution in [0, 0.1) is 22.9 Å². The maximum atomic E-state index is 13.9. The van der Waals surface area contributed by atoms with E-state index in [0.717, 1.165) is 11.1 Å². The molecule has 0 bridgehead atoms. The molecular formula is C23H27FN4O2S. The fraction of sp³-hybridized carbons (Fsp3) is 0.348. The summed E-state index contributed by atoms with van der Waals surface area (Å²) in [7, 11) is 0. The highest BCUT2D eigenvalue weighted by Crippen LogP contribution is 2.23.